The Kier molecular flexibility index (Phi) is 4.06. The first-order chi connectivity index (χ1) is 14.1. The number of rotatable bonds is 5. The molecule has 0 aliphatic carbocycles. The molecule has 0 saturated carbocycles. The molecule has 8 nitrogen and oxygen atoms in total. The summed E-state index contributed by atoms with van der Waals surface area (Å²) in [5.41, 5.74) is 8.72. The van der Waals surface area contributed by atoms with Crippen molar-refractivity contribution in [2.24, 2.45) is 5.73 Å². The smallest absolute Gasteiger partial charge is 0.345 e. The third kappa shape index (κ3) is 2.85. The van der Waals surface area contributed by atoms with Crippen molar-refractivity contribution in [3.8, 4) is 5.69 Å². The monoisotopic (exact) mass is 389 g/mol. The Labute approximate surface area is 167 Å². The van der Waals surface area contributed by atoms with Gasteiger partial charge in [-0.1, -0.05) is 48.5 Å². The maximum atomic E-state index is 12.9. The number of hydrogen-bond acceptors (Lipinski definition) is 4. The molecule has 2 aromatic carbocycles. The first kappa shape index (κ1) is 17.4. The van der Waals surface area contributed by atoms with Gasteiger partial charge >= 0.3 is 6.03 Å². The molecular formula is C21H19N5O3. The van der Waals surface area contributed by atoms with Crippen LogP contribution in [0.5, 0.6) is 0 Å². The van der Waals surface area contributed by atoms with E-state index in [1.54, 1.807) is 4.68 Å². The number of nitrogens with two attached hydrogens (primary N) is 1. The summed E-state index contributed by atoms with van der Waals surface area (Å²) < 4.78 is 1.71. The molecule has 3 amide bonds. The molecule has 0 spiro atoms. The molecule has 2 aliphatic rings. The molecule has 0 unspecified atom stereocenters. The lowest BCUT2D eigenvalue weighted by Gasteiger charge is -2.26. The lowest BCUT2D eigenvalue weighted by Crippen LogP contribution is -2.41. The number of hydroxylamine groups is 2. The molecule has 1 saturated heterocycles. The largest absolute Gasteiger partial charge is 0.368 e. The van der Waals surface area contributed by atoms with E-state index < -0.39 is 11.9 Å². The van der Waals surface area contributed by atoms with Crippen LogP contribution in [-0.4, -0.2) is 38.2 Å². The summed E-state index contributed by atoms with van der Waals surface area (Å²) in [6, 6.07) is 17.6. The van der Waals surface area contributed by atoms with Crippen molar-refractivity contribution < 1.29 is 14.4 Å². The number of para-hydroxylation sites is 1. The number of nitrogens with zero attached hydrogens (tertiary/aromatic N) is 4. The summed E-state index contributed by atoms with van der Waals surface area (Å²) in [4.78, 5) is 32.4. The minimum absolute atomic E-state index is 0.250. The van der Waals surface area contributed by atoms with Crippen molar-refractivity contribution in [3.05, 3.63) is 83.7 Å². The second-order valence-corrected chi connectivity index (χ2v) is 7.09. The summed E-state index contributed by atoms with van der Waals surface area (Å²) in [7, 11) is 0. The lowest BCUT2D eigenvalue weighted by atomic mass is 9.98. The van der Waals surface area contributed by atoms with Crippen LogP contribution in [0.4, 0.5) is 4.79 Å². The van der Waals surface area contributed by atoms with E-state index in [1.165, 1.54) is 9.96 Å². The van der Waals surface area contributed by atoms with Gasteiger partial charge in [-0.3, -0.25) is 9.63 Å². The van der Waals surface area contributed by atoms with Crippen molar-refractivity contribution in [2.75, 3.05) is 6.54 Å². The molecule has 29 heavy (non-hydrogen) atoms. The number of benzene rings is 2. The Morgan fingerprint density at radius 3 is 2.48 bits per heavy atom. The molecule has 1 fully saturated rings. The van der Waals surface area contributed by atoms with Crippen molar-refractivity contribution in [1.82, 2.24) is 19.7 Å². The maximum Gasteiger partial charge on any atom is 0.345 e. The average molecular weight is 389 g/mol. The minimum atomic E-state index is -0.913. The SMILES string of the molecule is NC(=O)[C@@H]1c2nn(-c3ccccc3)cc2[C@H]2CN1C(=O)N2OCc1ccccc1. The first-order valence-corrected chi connectivity index (χ1v) is 9.34. The van der Waals surface area contributed by atoms with Gasteiger partial charge in [0.2, 0.25) is 5.91 Å². The third-order valence-electron chi connectivity index (χ3n) is 5.29. The Morgan fingerprint density at radius 1 is 1.10 bits per heavy atom. The molecule has 146 valence electrons. The van der Waals surface area contributed by atoms with Crippen LogP contribution in [0.1, 0.15) is 28.9 Å². The minimum Gasteiger partial charge on any atom is -0.368 e. The number of aromatic nitrogens is 2. The van der Waals surface area contributed by atoms with Gasteiger partial charge in [0.05, 0.1) is 12.2 Å². The molecule has 2 bridgehead atoms. The zero-order valence-corrected chi connectivity index (χ0v) is 15.5. The summed E-state index contributed by atoms with van der Waals surface area (Å²) in [6.07, 6.45) is 1.85. The lowest BCUT2D eigenvalue weighted by molar-refractivity contribution is -0.141. The normalized spacial score (nSPS) is 20.1. The summed E-state index contributed by atoms with van der Waals surface area (Å²) >= 11 is 0. The zero-order chi connectivity index (χ0) is 20.0. The summed E-state index contributed by atoms with van der Waals surface area (Å²) in [5.74, 6) is -0.610. The third-order valence-corrected chi connectivity index (χ3v) is 5.29. The van der Waals surface area contributed by atoms with E-state index >= 15 is 0 Å². The van der Waals surface area contributed by atoms with Crippen LogP contribution >= 0.6 is 0 Å². The molecule has 8 heteroatoms. The van der Waals surface area contributed by atoms with Crippen molar-refractivity contribution >= 4 is 11.9 Å². The molecule has 1 aromatic heterocycles. The van der Waals surface area contributed by atoms with E-state index in [2.05, 4.69) is 5.10 Å². The quantitative estimate of drug-likeness (QED) is 0.725. The molecular weight excluding hydrogens is 370 g/mol. The van der Waals surface area contributed by atoms with Crippen LogP contribution < -0.4 is 5.73 Å². The van der Waals surface area contributed by atoms with Crippen LogP contribution in [0.15, 0.2) is 66.9 Å². The number of urea groups is 1. The molecule has 3 aromatic rings. The number of carbonyl (C=O) groups excluding carboxylic acids is 2. The highest BCUT2D eigenvalue weighted by Gasteiger charge is 2.52. The van der Waals surface area contributed by atoms with Crippen LogP contribution in [0, 0.1) is 0 Å². The first-order valence-electron chi connectivity index (χ1n) is 9.34. The van der Waals surface area contributed by atoms with Gasteiger partial charge in [-0.25, -0.2) is 9.48 Å². The van der Waals surface area contributed by atoms with Crippen molar-refractivity contribution in [1.29, 1.82) is 0 Å². The second kappa shape index (κ2) is 6.75. The van der Waals surface area contributed by atoms with Gasteiger partial charge in [-0.15, -0.1) is 0 Å². The molecule has 2 aliphatic heterocycles. The van der Waals surface area contributed by atoms with Crippen LogP contribution in [-0.2, 0) is 16.2 Å². The Hall–Kier alpha value is -3.65. The fourth-order valence-electron chi connectivity index (χ4n) is 3.92. The Balaban J connectivity index is 1.51. The number of amides is 3. The predicted molar refractivity (Wildman–Crippen MR) is 103 cm³/mol. The van der Waals surface area contributed by atoms with Crippen LogP contribution in [0.3, 0.4) is 0 Å². The van der Waals surface area contributed by atoms with Gasteiger partial charge in [-0.2, -0.15) is 10.2 Å². The topological polar surface area (TPSA) is 93.7 Å². The molecule has 0 radical (unpaired) electrons. The zero-order valence-electron chi connectivity index (χ0n) is 15.5. The molecule has 2 atom stereocenters. The standard InChI is InChI=1S/C21H19N5O3/c22-20(27)19-18-16(11-25(23-18)15-9-5-2-6-10-15)17-12-24(19)21(28)26(17)29-13-14-7-3-1-4-8-14/h1-11,17,19H,12-13H2,(H2,22,27)/t17-,19+/m1/s1. The number of carbonyl (C=O) groups is 2. The fourth-order valence-corrected chi connectivity index (χ4v) is 3.92. The number of fused-ring (bicyclic) bond motifs is 4. The van der Waals surface area contributed by atoms with Crippen molar-refractivity contribution in [2.45, 2.75) is 18.7 Å². The van der Waals surface area contributed by atoms with Crippen LogP contribution in [0.2, 0.25) is 0 Å². The average Bonchev–Trinajstić information content (AvgIpc) is 3.30. The van der Waals surface area contributed by atoms with Gasteiger partial charge in [0.1, 0.15) is 18.3 Å². The molecule has 3 heterocycles. The van der Waals surface area contributed by atoms with Gasteiger partial charge in [0.15, 0.2) is 6.04 Å². The predicted octanol–water partition coefficient (Wildman–Crippen LogP) is 2.32. The van der Waals surface area contributed by atoms with E-state index in [0.717, 1.165) is 16.8 Å². The number of hydrogen-bond donors (Lipinski definition) is 1. The van der Waals surface area contributed by atoms with Gasteiger partial charge in [-0.05, 0) is 17.7 Å². The maximum absolute atomic E-state index is 12.9. The van der Waals surface area contributed by atoms with E-state index in [0.29, 0.717) is 12.2 Å². The van der Waals surface area contributed by atoms with Gasteiger partial charge in [0.25, 0.3) is 0 Å². The van der Waals surface area contributed by atoms with Gasteiger partial charge < -0.3 is 10.6 Å². The second-order valence-electron chi connectivity index (χ2n) is 7.09. The Morgan fingerprint density at radius 2 is 1.79 bits per heavy atom. The van der Waals surface area contributed by atoms with Crippen molar-refractivity contribution in [3.63, 3.8) is 0 Å². The van der Waals surface area contributed by atoms with E-state index in [1.807, 2.05) is 66.9 Å². The van der Waals surface area contributed by atoms with E-state index in [4.69, 9.17) is 10.6 Å². The molecule has 2 N–H and O–H groups in total. The molecule has 5 rings (SSSR count). The summed E-state index contributed by atoms with van der Waals surface area (Å²) in [5, 5.41) is 5.93. The fraction of sp³-hybridized carbons (Fsp3) is 0.190. The van der Waals surface area contributed by atoms with E-state index in [9.17, 15) is 9.59 Å². The number of primary amides is 1. The Bertz CT molecular complexity index is 1070. The van der Waals surface area contributed by atoms with Crippen LogP contribution in [0.25, 0.3) is 5.69 Å². The highest BCUT2D eigenvalue weighted by atomic mass is 16.7. The van der Waals surface area contributed by atoms with E-state index in [-0.39, 0.29) is 18.7 Å². The van der Waals surface area contributed by atoms with Gasteiger partial charge in [0, 0.05) is 11.8 Å². The highest BCUT2D eigenvalue weighted by Crippen LogP contribution is 2.43. The summed E-state index contributed by atoms with van der Waals surface area (Å²) in [6.45, 7) is 0.578. The highest BCUT2D eigenvalue weighted by molar-refractivity contribution is 5.89.